The first kappa shape index (κ1) is 15.7. The molecule has 21 heavy (non-hydrogen) atoms. The number of carbonyl (C=O) groups is 1. The fourth-order valence-corrected chi connectivity index (χ4v) is 3.33. The van der Waals surface area contributed by atoms with Crippen molar-refractivity contribution < 1.29 is 14.6 Å². The van der Waals surface area contributed by atoms with Crippen molar-refractivity contribution in [2.24, 2.45) is 11.3 Å². The molecule has 2 atom stereocenters. The Morgan fingerprint density at radius 2 is 2.00 bits per heavy atom. The molecule has 0 bridgehead atoms. The number of aromatic hydroxyl groups is 1. The number of hydrogen-bond donors (Lipinski definition) is 2. The number of nitrogens with one attached hydrogen (secondary N) is 1. The van der Waals surface area contributed by atoms with Gasteiger partial charge < -0.3 is 15.2 Å². The van der Waals surface area contributed by atoms with Crippen LogP contribution >= 0.6 is 0 Å². The van der Waals surface area contributed by atoms with E-state index in [2.05, 4.69) is 26.1 Å². The summed E-state index contributed by atoms with van der Waals surface area (Å²) >= 11 is 0. The van der Waals surface area contributed by atoms with E-state index in [9.17, 15) is 9.90 Å². The van der Waals surface area contributed by atoms with E-state index in [4.69, 9.17) is 4.74 Å². The molecule has 4 nitrogen and oxygen atoms in total. The summed E-state index contributed by atoms with van der Waals surface area (Å²) in [6.07, 6.45) is 3.10. The van der Waals surface area contributed by atoms with Crippen molar-refractivity contribution in [1.82, 2.24) is 0 Å². The smallest absolute Gasteiger partial charge is 0.325 e. The van der Waals surface area contributed by atoms with Crippen molar-refractivity contribution in [2.75, 3.05) is 11.9 Å². The molecule has 4 heteroatoms. The van der Waals surface area contributed by atoms with Gasteiger partial charge in [-0.3, -0.25) is 4.79 Å². The Morgan fingerprint density at radius 1 is 1.33 bits per heavy atom. The second kappa shape index (κ2) is 6.37. The average molecular weight is 291 g/mol. The molecule has 1 aliphatic rings. The lowest BCUT2D eigenvalue weighted by atomic mass is 9.71. The number of carbonyl (C=O) groups excluding carboxylic acids is 1. The zero-order valence-electron chi connectivity index (χ0n) is 13.1. The lowest BCUT2D eigenvalue weighted by molar-refractivity contribution is -0.151. The van der Waals surface area contributed by atoms with Crippen LogP contribution in [0.3, 0.4) is 0 Å². The molecule has 1 aromatic carbocycles. The van der Waals surface area contributed by atoms with Gasteiger partial charge in [0, 0.05) is 5.69 Å². The molecule has 0 aliphatic heterocycles. The summed E-state index contributed by atoms with van der Waals surface area (Å²) < 4.78 is 5.59. The fraction of sp³-hybridized carbons (Fsp3) is 0.588. The number of phenolic OH excluding ortho intramolecular Hbond substituents is 1. The maximum absolute atomic E-state index is 11.9. The van der Waals surface area contributed by atoms with E-state index in [-0.39, 0.29) is 29.8 Å². The van der Waals surface area contributed by atoms with Crippen LogP contribution in [0.25, 0.3) is 0 Å². The Hall–Kier alpha value is -1.71. The SMILES string of the molecule is CC1CC(OC(=O)CNc2ccc(O)cc2)CC(C)(C)C1. The zero-order valence-corrected chi connectivity index (χ0v) is 13.1. The summed E-state index contributed by atoms with van der Waals surface area (Å²) in [5.41, 5.74) is 1.04. The molecule has 0 saturated heterocycles. The summed E-state index contributed by atoms with van der Waals surface area (Å²) in [7, 11) is 0. The lowest BCUT2D eigenvalue weighted by Gasteiger charge is -2.38. The predicted molar refractivity (Wildman–Crippen MR) is 83.3 cm³/mol. The maximum atomic E-state index is 11.9. The van der Waals surface area contributed by atoms with Crippen LogP contribution in [-0.2, 0) is 9.53 Å². The number of phenols is 1. The molecule has 0 heterocycles. The minimum atomic E-state index is -0.224. The third kappa shape index (κ3) is 4.96. The standard InChI is InChI=1S/C17H25NO3/c1-12-8-15(10-17(2,3)9-12)21-16(20)11-18-13-4-6-14(19)7-5-13/h4-7,12,15,18-19H,8-11H2,1-3H3. The second-order valence-electron chi connectivity index (χ2n) is 6.93. The first-order chi connectivity index (χ1) is 9.84. The molecule has 1 saturated carbocycles. The maximum Gasteiger partial charge on any atom is 0.325 e. The van der Waals surface area contributed by atoms with Crippen LogP contribution in [0.2, 0.25) is 0 Å². The summed E-state index contributed by atoms with van der Waals surface area (Å²) in [6.45, 7) is 6.84. The fourth-order valence-electron chi connectivity index (χ4n) is 3.33. The molecule has 0 spiro atoms. The number of benzene rings is 1. The highest BCUT2D eigenvalue weighted by atomic mass is 16.5. The topological polar surface area (TPSA) is 58.6 Å². The molecule has 116 valence electrons. The van der Waals surface area contributed by atoms with Gasteiger partial charge in [0.15, 0.2) is 0 Å². The largest absolute Gasteiger partial charge is 0.508 e. The Kier molecular flexibility index (Phi) is 4.76. The van der Waals surface area contributed by atoms with Gasteiger partial charge in [-0.15, -0.1) is 0 Å². The summed E-state index contributed by atoms with van der Waals surface area (Å²) in [4.78, 5) is 11.9. The van der Waals surface area contributed by atoms with Gasteiger partial charge in [0.05, 0.1) is 0 Å². The third-order valence-electron chi connectivity index (χ3n) is 3.95. The molecule has 2 rings (SSSR count). The van der Waals surface area contributed by atoms with E-state index in [1.165, 1.54) is 6.42 Å². The highest BCUT2D eigenvalue weighted by Gasteiger charge is 2.33. The number of hydrogen-bond acceptors (Lipinski definition) is 4. The van der Waals surface area contributed by atoms with Crippen LogP contribution in [0, 0.1) is 11.3 Å². The third-order valence-corrected chi connectivity index (χ3v) is 3.95. The molecule has 0 aromatic heterocycles. The molecular weight excluding hydrogens is 266 g/mol. The van der Waals surface area contributed by atoms with Gasteiger partial charge >= 0.3 is 5.97 Å². The summed E-state index contributed by atoms with van der Waals surface area (Å²) in [5, 5.41) is 12.2. The molecular formula is C17H25NO3. The van der Waals surface area contributed by atoms with Crippen LogP contribution in [0.15, 0.2) is 24.3 Å². The second-order valence-corrected chi connectivity index (χ2v) is 6.93. The first-order valence-electron chi connectivity index (χ1n) is 7.56. The van der Waals surface area contributed by atoms with E-state index in [0.717, 1.165) is 18.5 Å². The van der Waals surface area contributed by atoms with Crippen LogP contribution < -0.4 is 5.32 Å². The van der Waals surface area contributed by atoms with Gasteiger partial charge in [0.2, 0.25) is 0 Å². The van der Waals surface area contributed by atoms with E-state index in [1.807, 2.05) is 0 Å². The highest BCUT2D eigenvalue weighted by molar-refractivity contribution is 5.75. The van der Waals surface area contributed by atoms with Gasteiger partial charge in [0.25, 0.3) is 0 Å². The van der Waals surface area contributed by atoms with Crippen molar-refractivity contribution in [3.05, 3.63) is 24.3 Å². The Labute approximate surface area is 126 Å². The number of rotatable bonds is 4. The Morgan fingerprint density at radius 3 is 2.62 bits per heavy atom. The Bertz CT molecular complexity index is 481. The van der Waals surface area contributed by atoms with Gasteiger partial charge in [-0.1, -0.05) is 20.8 Å². The minimum absolute atomic E-state index is 0.0258. The Balaban J connectivity index is 1.80. The monoisotopic (exact) mass is 291 g/mol. The first-order valence-corrected chi connectivity index (χ1v) is 7.56. The van der Waals surface area contributed by atoms with Gasteiger partial charge in [-0.25, -0.2) is 0 Å². The lowest BCUT2D eigenvalue weighted by Crippen LogP contribution is -2.35. The highest BCUT2D eigenvalue weighted by Crippen LogP contribution is 2.39. The van der Waals surface area contributed by atoms with Crippen LogP contribution in [0.4, 0.5) is 5.69 Å². The van der Waals surface area contributed by atoms with E-state index in [0.29, 0.717) is 5.92 Å². The number of esters is 1. The van der Waals surface area contributed by atoms with Crippen LogP contribution in [-0.4, -0.2) is 23.7 Å². The van der Waals surface area contributed by atoms with Crippen LogP contribution in [0.5, 0.6) is 5.75 Å². The number of anilines is 1. The molecule has 1 aromatic rings. The predicted octanol–water partition coefficient (Wildman–Crippen LogP) is 3.56. The average Bonchev–Trinajstić information content (AvgIpc) is 2.35. The quantitative estimate of drug-likeness (QED) is 0.658. The van der Waals surface area contributed by atoms with Crippen molar-refractivity contribution in [3.63, 3.8) is 0 Å². The van der Waals surface area contributed by atoms with Crippen LogP contribution in [0.1, 0.15) is 40.0 Å². The van der Waals surface area contributed by atoms with E-state index < -0.39 is 0 Å². The molecule has 0 amide bonds. The molecule has 0 radical (unpaired) electrons. The van der Waals surface area contributed by atoms with Gasteiger partial charge in [-0.2, -0.15) is 0 Å². The number of ether oxygens (including phenoxy) is 1. The van der Waals surface area contributed by atoms with Crippen molar-refractivity contribution in [3.8, 4) is 5.75 Å². The van der Waals surface area contributed by atoms with Crippen molar-refractivity contribution in [2.45, 2.75) is 46.1 Å². The summed E-state index contributed by atoms with van der Waals surface area (Å²) in [6, 6.07) is 6.63. The van der Waals surface area contributed by atoms with Gasteiger partial charge in [0.1, 0.15) is 18.4 Å². The van der Waals surface area contributed by atoms with Crippen molar-refractivity contribution >= 4 is 11.7 Å². The van der Waals surface area contributed by atoms with E-state index in [1.54, 1.807) is 24.3 Å². The molecule has 2 N–H and O–H groups in total. The summed E-state index contributed by atoms with van der Waals surface area (Å²) in [5.74, 6) is 0.580. The minimum Gasteiger partial charge on any atom is -0.508 e. The van der Waals surface area contributed by atoms with Crippen molar-refractivity contribution in [1.29, 1.82) is 0 Å². The van der Waals surface area contributed by atoms with E-state index >= 15 is 0 Å². The zero-order chi connectivity index (χ0) is 15.5. The molecule has 1 aliphatic carbocycles. The normalized spacial score (nSPS) is 24.3. The molecule has 2 unspecified atom stereocenters. The van der Waals surface area contributed by atoms with Gasteiger partial charge in [-0.05, 0) is 54.9 Å². The molecule has 1 fully saturated rings.